The van der Waals surface area contributed by atoms with Crippen LogP contribution in [0.25, 0.3) is 0 Å². The number of hydrogen-bond acceptors (Lipinski definition) is 4. The van der Waals surface area contributed by atoms with Gasteiger partial charge in [0.2, 0.25) is 0 Å². The van der Waals surface area contributed by atoms with Crippen LogP contribution in [0.2, 0.25) is 0 Å². The average Bonchev–Trinajstić information content (AvgIpc) is 2.44. The van der Waals surface area contributed by atoms with E-state index < -0.39 is 0 Å². The summed E-state index contributed by atoms with van der Waals surface area (Å²) in [6.07, 6.45) is 2.91. The Morgan fingerprint density at radius 2 is 0.857 bits per heavy atom. The fraction of sp³-hybridized carbons (Fsp3) is 0.294. The van der Waals surface area contributed by atoms with E-state index in [-0.39, 0.29) is 23.0 Å². The fourth-order valence-electron chi connectivity index (χ4n) is 2.98. The van der Waals surface area contributed by atoms with Crippen LogP contribution in [0.5, 0.6) is 23.0 Å². The van der Waals surface area contributed by atoms with Gasteiger partial charge in [-0.2, -0.15) is 0 Å². The summed E-state index contributed by atoms with van der Waals surface area (Å²) < 4.78 is 0. The predicted molar refractivity (Wildman–Crippen MR) is 79.0 cm³/mol. The summed E-state index contributed by atoms with van der Waals surface area (Å²) in [5.41, 5.74) is 2.78. The lowest BCUT2D eigenvalue weighted by Crippen LogP contribution is -1.95. The first-order chi connectivity index (χ1) is 10.0. The van der Waals surface area contributed by atoms with Crippen molar-refractivity contribution in [2.75, 3.05) is 0 Å². The van der Waals surface area contributed by atoms with Crippen molar-refractivity contribution in [3.63, 3.8) is 0 Å². The van der Waals surface area contributed by atoms with Gasteiger partial charge in [0, 0.05) is 0 Å². The maximum Gasteiger partial charge on any atom is 0.122 e. The second-order valence-corrected chi connectivity index (χ2v) is 5.58. The molecule has 4 N–H and O–H groups in total. The van der Waals surface area contributed by atoms with Crippen molar-refractivity contribution in [3.8, 4) is 23.0 Å². The van der Waals surface area contributed by atoms with E-state index in [1.54, 1.807) is 24.3 Å². The van der Waals surface area contributed by atoms with Crippen LogP contribution in [0.15, 0.2) is 24.3 Å². The highest BCUT2D eigenvalue weighted by atomic mass is 16.3. The highest BCUT2D eigenvalue weighted by Gasteiger charge is 2.16. The Hall–Kier alpha value is -2.36. The zero-order valence-electron chi connectivity index (χ0n) is 11.6. The molecule has 0 saturated heterocycles. The molecule has 0 aliphatic heterocycles. The Morgan fingerprint density at radius 1 is 0.524 bits per heavy atom. The summed E-state index contributed by atoms with van der Waals surface area (Å²) in [6.45, 7) is 0. The smallest absolute Gasteiger partial charge is 0.122 e. The van der Waals surface area contributed by atoms with Gasteiger partial charge in [-0.05, 0) is 78.6 Å². The Balaban J connectivity index is 2.06. The molecule has 0 saturated carbocycles. The largest absolute Gasteiger partial charge is 0.508 e. The topological polar surface area (TPSA) is 80.9 Å². The molecule has 0 heterocycles. The van der Waals surface area contributed by atoms with E-state index in [2.05, 4.69) is 0 Å². The van der Waals surface area contributed by atoms with Gasteiger partial charge in [-0.15, -0.1) is 0 Å². The first kappa shape index (κ1) is 13.6. The fourth-order valence-corrected chi connectivity index (χ4v) is 2.98. The molecule has 3 rings (SSSR count). The van der Waals surface area contributed by atoms with Crippen LogP contribution in [0.3, 0.4) is 0 Å². The summed E-state index contributed by atoms with van der Waals surface area (Å²) >= 11 is 0. The molecule has 0 amide bonds. The van der Waals surface area contributed by atoms with Gasteiger partial charge < -0.3 is 20.4 Å². The van der Waals surface area contributed by atoms with E-state index in [4.69, 9.17) is 0 Å². The molecule has 1 aliphatic rings. The van der Waals surface area contributed by atoms with Gasteiger partial charge in [0.1, 0.15) is 23.0 Å². The Morgan fingerprint density at radius 3 is 1.24 bits per heavy atom. The molecular formula is C17H18O4. The minimum atomic E-state index is 0.149. The Bertz CT molecular complexity index is 632. The van der Waals surface area contributed by atoms with Gasteiger partial charge in [-0.25, -0.2) is 0 Å². The first-order valence-corrected chi connectivity index (χ1v) is 7.12. The number of hydrogen-bond donors (Lipinski definition) is 4. The van der Waals surface area contributed by atoms with Crippen molar-refractivity contribution in [1.82, 2.24) is 0 Å². The monoisotopic (exact) mass is 286 g/mol. The van der Waals surface area contributed by atoms with Crippen molar-refractivity contribution < 1.29 is 20.4 Å². The van der Waals surface area contributed by atoms with Crippen molar-refractivity contribution in [2.45, 2.75) is 32.1 Å². The maximum atomic E-state index is 10.3. The van der Waals surface area contributed by atoms with E-state index >= 15 is 0 Å². The molecule has 0 unspecified atom stereocenters. The molecule has 2 aromatic rings. The average molecular weight is 286 g/mol. The Labute approximate surface area is 122 Å². The third-order valence-corrected chi connectivity index (χ3v) is 4.06. The van der Waals surface area contributed by atoms with Crippen LogP contribution in [-0.2, 0) is 25.7 Å². The van der Waals surface area contributed by atoms with Gasteiger partial charge in [0.05, 0.1) is 0 Å². The summed E-state index contributed by atoms with van der Waals surface area (Å²) in [6, 6.07) is 6.28. The molecule has 0 fully saturated rings. The van der Waals surface area contributed by atoms with Crippen LogP contribution >= 0.6 is 0 Å². The van der Waals surface area contributed by atoms with Crippen LogP contribution in [0.4, 0.5) is 0 Å². The number of phenolic OH excluding ortho intramolecular Hbond substituents is 4. The quantitative estimate of drug-likeness (QED) is 0.561. The molecule has 4 bridgehead atoms. The molecule has 2 aromatic carbocycles. The summed E-state index contributed by atoms with van der Waals surface area (Å²) in [7, 11) is 0. The lowest BCUT2D eigenvalue weighted by atomic mass is 9.99. The molecule has 0 spiro atoms. The number of rotatable bonds is 0. The highest BCUT2D eigenvalue weighted by molar-refractivity contribution is 5.49. The van der Waals surface area contributed by atoms with E-state index in [1.807, 2.05) is 0 Å². The zero-order valence-corrected chi connectivity index (χ0v) is 11.6. The number of benzene rings is 2. The number of phenols is 4. The predicted octanol–water partition coefficient (Wildman–Crippen LogP) is 2.78. The lowest BCUT2D eigenvalue weighted by molar-refractivity contribution is 0.445. The molecular weight excluding hydrogens is 268 g/mol. The van der Waals surface area contributed by atoms with Gasteiger partial charge >= 0.3 is 0 Å². The zero-order chi connectivity index (χ0) is 15.0. The van der Waals surface area contributed by atoms with Crippen LogP contribution in [-0.4, -0.2) is 20.4 Å². The number of aromatic hydroxyl groups is 4. The second-order valence-electron chi connectivity index (χ2n) is 5.58. The summed E-state index contributed by atoms with van der Waals surface area (Å²) in [4.78, 5) is 0. The van der Waals surface area contributed by atoms with Crippen LogP contribution in [0, 0.1) is 0 Å². The van der Waals surface area contributed by atoms with E-state index in [1.165, 1.54) is 0 Å². The molecule has 110 valence electrons. The standard InChI is InChI=1S/C17H18O4/c18-14-6-10-2-1-3-11-7-15(19)9-13(17(11)21)5-4-12(8-14)16(10)20/h6-9,18-21H,1-5H2. The maximum absolute atomic E-state index is 10.3. The van der Waals surface area contributed by atoms with E-state index in [0.717, 1.165) is 11.1 Å². The summed E-state index contributed by atoms with van der Waals surface area (Å²) in [5.74, 6) is 0.754. The Kier molecular flexibility index (Phi) is 3.37. The number of aryl methyl sites for hydroxylation is 4. The van der Waals surface area contributed by atoms with Gasteiger partial charge in [0.25, 0.3) is 0 Å². The van der Waals surface area contributed by atoms with E-state index in [9.17, 15) is 20.4 Å². The van der Waals surface area contributed by atoms with Crippen molar-refractivity contribution >= 4 is 0 Å². The molecule has 0 atom stereocenters. The highest BCUT2D eigenvalue weighted by Crippen LogP contribution is 2.35. The number of fused-ring (bicyclic) bond motifs is 4. The summed E-state index contributed by atoms with van der Waals surface area (Å²) in [5, 5.41) is 40.1. The van der Waals surface area contributed by atoms with Crippen LogP contribution < -0.4 is 0 Å². The van der Waals surface area contributed by atoms with Crippen LogP contribution in [0.1, 0.15) is 28.7 Å². The molecule has 0 radical (unpaired) electrons. The first-order valence-electron chi connectivity index (χ1n) is 7.12. The van der Waals surface area contributed by atoms with Crippen molar-refractivity contribution in [2.24, 2.45) is 0 Å². The third kappa shape index (κ3) is 2.61. The second kappa shape index (κ2) is 5.20. The molecule has 4 nitrogen and oxygen atoms in total. The minimum absolute atomic E-state index is 0.149. The van der Waals surface area contributed by atoms with Crippen molar-refractivity contribution in [3.05, 3.63) is 46.5 Å². The third-order valence-electron chi connectivity index (χ3n) is 4.06. The lowest BCUT2D eigenvalue weighted by Gasteiger charge is -2.11. The van der Waals surface area contributed by atoms with Crippen molar-refractivity contribution in [1.29, 1.82) is 0 Å². The molecule has 1 aliphatic carbocycles. The van der Waals surface area contributed by atoms with Gasteiger partial charge in [0.15, 0.2) is 0 Å². The molecule has 0 aromatic heterocycles. The minimum Gasteiger partial charge on any atom is -0.508 e. The van der Waals surface area contributed by atoms with E-state index in [0.29, 0.717) is 43.2 Å². The van der Waals surface area contributed by atoms with Gasteiger partial charge in [-0.3, -0.25) is 0 Å². The molecule has 21 heavy (non-hydrogen) atoms. The SMILES string of the molecule is Oc1cc2c(O)c(c1)CCc1cc(O)cc(c1O)CCC2. The molecule has 4 heteroatoms. The normalized spacial score (nSPS) is 14.5. The van der Waals surface area contributed by atoms with Gasteiger partial charge in [-0.1, -0.05) is 0 Å².